The van der Waals surface area contributed by atoms with Crippen LogP contribution in [0.5, 0.6) is 0 Å². The van der Waals surface area contributed by atoms with Crippen LogP contribution in [-0.4, -0.2) is 67.7 Å². The Morgan fingerprint density at radius 3 is 2.45 bits per heavy atom. The lowest BCUT2D eigenvalue weighted by Crippen LogP contribution is -2.60. The first-order valence-corrected chi connectivity index (χ1v) is 6.79. The van der Waals surface area contributed by atoms with Crippen molar-refractivity contribution in [3.8, 4) is 12.3 Å². The van der Waals surface area contributed by atoms with Gasteiger partial charge >= 0.3 is 12.0 Å². The van der Waals surface area contributed by atoms with E-state index in [-0.39, 0.29) is 12.0 Å². The van der Waals surface area contributed by atoms with E-state index in [0.717, 1.165) is 0 Å². The Kier molecular flexibility index (Phi) is 5.83. The van der Waals surface area contributed by atoms with Crippen LogP contribution in [0, 0.1) is 12.3 Å². The molecule has 1 rings (SSSR count). The van der Waals surface area contributed by atoms with E-state index in [2.05, 4.69) is 11.2 Å². The highest BCUT2D eigenvalue weighted by atomic mass is 16.5. The Morgan fingerprint density at radius 1 is 1.40 bits per heavy atom. The van der Waals surface area contributed by atoms with Crippen molar-refractivity contribution in [1.29, 1.82) is 0 Å². The lowest BCUT2D eigenvalue weighted by atomic mass is 9.87. The zero-order valence-corrected chi connectivity index (χ0v) is 12.4. The number of hydrogen-bond acceptors (Lipinski definition) is 4. The summed E-state index contributed by atoms with van der Waals surface area (Å²) in [4.78, 5) is 27.3. The molecule has 20 heavy (non-hydrogen) atoms. The molecule has 0 aromatic heterocycles. The molecule has 112 valence electrons. The fourth-order valence-corrected chi connectivity index (χ4v) is 2.31. The van der Waals surface area contributed by atoms with Gasteiger partial charge in [-0.2, -0.15) is 0 Å². The third kappa shape index (κ3) is 3.64. The Balaban J connectivity index is 2.73. The van der Waals surface area contributed by atoms with Crippen LogP contribution < -0.4 is 5.32 Å². The van der Waals surface area contributed by atoms with E-state index in [4.69, 9.17) is 11.2 Å². The monoisotopic (exact) mass is 281 g/mol. The molecule has 0 unspecified atom stereocenters. The number of urea groups is 1. The van der Waals surface area contributed by atoms with Gasteiger partial charge in [-0.1, -0.05) is 5.92 Å². The molecule has 1 saturated heterocycles. The van der Waals surface area contributed by atoms with Gasteiger partial charge in [0.05, 0.1) is 13.2 Å². The Hall–Kier alpha value is -1.74. The Bertz CT molecular complexity index is 393. The molecule has 0 atom stereocenters. The maximum absolute atomic E-state index is 12.2. The minimum atomic E-state index is -0.772. The van der Waals surface area contributed by atoms with Crippen LogP contribution in [0.25, 0.3) is 0 Å². The molecule has 2 amide bonds. The summed E-state index contributed by atoms with van der Waals surface area (Å²) in [5.41, 5.74) is -0.772. The van der Waals surface area contributed by atoms with Gasteiger partial charge in [0.25, 0.3) is 0 Å². The summed E-state index contributed by atoms with van der Waals surface area (Å²) in [6.45, 7) is 3.43. The number of carbonyl (C=O) groups excluding carboxylic acids is 2. The summed E-state index contributed by atoms with van der Waals surface area (Å²) in [5, 5.41) is 3.10. The van der Waals surface area contributed by atoms with Gasteiger partial charge in [-0.05, 0) is 19.8 Å². The zero-order chi connectivity index (χ0) is 15.2. The average Bonchev–Trinajstić information content (AvgIpc) is 2.45. The number of esters is 1. The summed E-state index contributed by atoms with van der Waals surface area (Å²) >= 11 is 0. The number of hydrogen-bond donors (Lipinski definition) is 1. The number of likely N-dealkylation sites (tertiary alicyclic amines) is 1. The maximum Gasteiger partial charge on any atom is 0.326 e. The number of nitrogens with zero attached hydrogens (tertiary/aromatic N) is 2. The molecule has 1 heterocycles. The maximum atomic E-state index is 12.2. The van der Waals surface area contributed by atoms with Crippen LogP contribution in [0.4, 0.5) is 4.79 Å². The summed E-state index contributed by atoms with van der Waals surface area (Å²) in [6, 6.07) is -0.0422. The highest BCUT2D eigenvalue weighted by molar-refractivity contribution is 5.82. The summed E-state index contributed by atoms with van der Waals surface area (Å²) < 4.78 is 5.14. The number of carbonyl (C=O) groups is 2. The van der Waals surface area contributed by atoms with Gasteiger partial charge in [0.1, 0.15) is 5.54 Å². The second-order valence-electron chi connectivity index (χ2n) is 5.02. The van der Waals surface area contributed by atoms with Gasteiger partial charge in [0.2, 0.25) is 0 Å². The van der Waals surface area contributed by atoms with E-state index in [1.165, 1.54) is 4.90 Å². The van der Waals surface area contributed by atoms with E-state index in [9.17, 15) is 9.59 Å². The number of rotatable bonds is 4. The van der Waals surface area contributed by atoms with Crippen molar-refractivity contribution >= 4 is 12.0 Å². The lowest BCUT2D eigenvalue weighted by Gasteiger charge is -2.40. The van der Waals surface area contributed by atoms with Crippen molar-refractivity contribution in [2.24, 2.45) is 0 Å². The summed E-state index contributed by atoms with van der Waals surface area (Å²) in [5.74, 6) is 2.20. The van der Waals surface area contributed by atoms with Crippen molar-refractivity contribution < 1.29 is 14.3 Å². The number of amides is 2. The molecule has 0 aliphatic carbocycles. The smallest absolute Gasteiger partial charge is 0.326 e. The standard InChI is InChI=1S/C14H23N3O3/c1-5-9-15-14(12(18)20-6-2)7-10-17(11-8-14)13(19)16(3)4/h1,15H,6-11H2,2-4H3. The highest BCUT2D eigenvalue weighted by Gasteiger charge is 2.43. The van der Waals surface area contributed by atoms with E-state index in [1.807, 2.05) is 0 Å². The van der Waals surface area contributed by atoms with E-state index < -0.39 is 5.54 Å². The minimum Gasteiger partial charge on any atom is -0.465 e. The molecule has 1 aliphatic rings. The second kappa shape index (κ2) is 7.15. The van der Waals surface area contributed by atoms with Gasteiger partial charge in [-0.15, -0.1) is 6.42 Å². The van der Waals surface area contributed by atoms with Crippen LogP contribution >= 0.6 is 0 Å². The first kappa shape index (κ1) is 16.3. The largest absolute Gasteiger partial charge is 0.465 e. The molecule has 0 saturated carbocycles. The molecule has 1 aliphatic heterocycles. The van der Waals surface area contributed by atoms with E-state index in [0.29, 0.717) is 39.1 Å². The summed E-state index contributed by atoms with van der Waals surface area (Å²) in [6.07, 6.45) is 6.27. The number of terminal acetylenes is 1. The number of nitrogens with one attached hydrogen (secondary N) is 1. The van der Waals surface area contributed by atoms with Gasteiger partial charge in [0.15, 0.2) is 0 Å². The molecule has 1 fully saturated rings. The van der Waals surface area contributed by atoms with Crippen molar-refractivity contribution in [2.75, 3.05) is 40.3 Å². The molecular formula is C14H23N3O3. The van der Waals surface area contributed by atoms with Crippen LogP contribution in [0.15, 0.2) is 0 Å². The second-order valence-corrected chi connectivity index (χ2v) is 5.02. The molecule has 0 spiro atoms. The third-order valence-corrected chi connectivity index (χ3v) is 3.47. The molecule has 0 bridgehead atoms. The van der Waals surface area contributed by atoms with Crippen LogP contribution in [0.3, 0.4) is 0 Å². The van der Waals surface area contributed by atoms with Crippen LogP contribution in [0.1, 0.15) is 19.8 Å². The first-order valence-electron chi connectivity index (χ1n) is 6.79. The van der Waals surface area contributed by atoms with Gasteiger partial charge in [-0.25, -0.2) is 4.79 Å². The third-order valence-electron chi connectivity index (χ3n) is 3.47. The predicted molar refractivity (Wildman–Crippen MR) is 76.1 cm³/mol. The van der Waals surface area contributed by atoms with Crippen molar-refractivity contribution in [1.82, 2.24) is 15.1 Å². The van der Waals surface area contributed by atoms with E-state index >= 15 is 0 Å². The highest BCUT2D eigenvalue weighted by Crippen LogP contribution is 2.24. The zero-order valence-electron chi connectivity index (χ0n) is 12.4. The van der Waals surface area contributed by atoms with Crippen molar-refractivity contribution in [3.05, 3.63) is 0 Å². The predicted octanol–water partition coefficient (Wildman–Crippen LogP) is 0.289. The molecule has 0 aromatic carbocycles. The topological polar surface area (TPSA) is 61.9 Å². The first-order chi connectivity index (χ1) is 9.46. The lowest BCUT2D eigenvalue weighted by molar-refractivity contribution is -0.153. The van der Waals surface area contributed by atoms with Crippen molar-refractivity contribution in [3.63, 3.8) is 0 Å². The SMILES string of the molecule is C#CCNC1(C(=O)OCC)CCN(C(=O)N(C)C)CC1. The van der Waals surface area contributed by atoms with Crippen LogP contribution in [0.2, 0.25) is 0 Å². The van der Waals surface area contributed by atoms with Crippen LogP contribution in [-0.2, 0) is 9.53 Å². The molecule has 6 heteroatoms. The Morgan fingerprint density at radius 2 is 2.00 bits per heavy atom. The number of ether oxygens (including phenoxy) is 1. The molecule has 0 aromatic rings. The fraction of sp³-hybridized carbons (Fsp3) is 0.714. The average molecular weight is 281 g/mol. The van der Waals surface area contributed by atoms with Gasteiger partial charge in [-0.3, -0.25) is 10.1 Å². The molecule has 0 radical (unpaired) electrons. The fourth-order valence-electron chi connectivity index (χ4n) is 2.31. The summed E-state index contributed by atoms with van der Waals surface area (Å²) in [7, 11) is 3.43. The van der Waals surface area contributed by atoms with E-state index in [1.54, 1.807) is 25.9 Å². The molecule has 6 nitrogen and oxygen atoms in total. The quantitative estimate of drug-likeness (QED) is 0.594. The molecule has 1 N–H and O–H groups in total. The normalized spacial score (nSPS) is 17.2. The number of piperidine rings is 1. The Labute approximate surface area is 120 Å². The van der Waals surface area contributed by atoms with Gasteiger partial charge < -0.3 is 14.5 Å². The molecular weight excluding hydrogens is 258 g/mol. The van der Waals surface area contributed by atoms with Crippen molar-refractivity contribution in [2.45, 2.75) is 25.3 Å². The van der Waals surface area contributed by atoms with Gasteiger partial charge in [0, 0.05) is 27.2 Å². The minimum absolute atomic E-state index is 0.0422.